The maximum Gasteiger partial charge on any atom is 0.291 e. The number of anilines is 1. The highest BCUT2D eigenvalue weighted by Gasteiger charge is 2.21. The van der Waals surface area contributed by atoms with Crippen molar-refractivity contribution in [2.45, 2.75) is 12.8 Å². The average molecular weight is 366 g/mol. The second kappa shape index (κ2) is 7.17. The van der Waals surface area contributed by atoms with Gasteiger partial charge in [0.2, 0.25) is 5.91 Å². The molecule has 0 radical (unpaired) electrons. The van der Waals surface area contributed by atoms with Crippen LogP contribution < -0.4 is 10.1 Å². The van der Waals surface area contributed by atoms with Crippen molar-refractivity contribution in [1.29, 1.82) is 0 Å². The van der Waals surface area contributed by atoms with Crippen LogP contribution in [0.3, 0.4) is 0 Å². The van der Waals surface area contributed by atoms with Crippen molar-refractivity contribution < 1.29 is 14.3 Å². The summed E-state index contributed by atoms with van der Waals surface area (Å²) in [5, 5.41) is 4.77. The molecule has 1 fully saturated rings. The summed E-state index contributed by atoms with van der Waals surface area (Å²) in [6.07, 6.45) is 7.32. The zero-order chi connectivity index (χ0) is 17.9. The molecule has 3 heterocycles. The predicted molar refractivity (Wildman–Crippen MR) is 103 cm³/mol. The molecule has 0 atom stereocenters. The topological polar surface area (TPSA) is 58.6 Å². The number of carbonyl (C=O) groups is 2. The van der Waals surface area contributed by atoms with E-state index in [-0.39, 0.29) is 17.6 Å². The molecule has 0 saturated carbocycles. The fourth-order valence-corrected chi connectivity index (χ4v) is 3.77. The van der Waals surface area contributed by atoms with Crippen LogP contribution in [-0.2, 0) is 9.59 Å². The van der Waals surface area contributed by atoms with E-state index in [0.717, 1.165) is 36.4 Å². The fraction of sp³-hybridized carbons (Fsp3) is 0.200. The summed E-state index contributed by atoms with van der Waals surface area (Å²) >= 11 is 1.50. The van der Waals surface area contributed by atoms with Gasteiger partial charge in [0.05, 0.1) is 5.69 Å². The summed E-state index contributed by atoms with van der Waals surface area (Å²) < 4.78 is 5.70. The molecule has 26 heavy (non-hydrogen) atoms. The maximum atomic E-state index is 12.2. The fourth-order valence-electron chi connectivity index (χ4n) is 2.97. The third kappa shape index (κ3) is 3.55. The SMILES string of the molecule is O=C1Nc2ccccc2O/C1=C\c1cc(/C=C/C(=O)N2CCCC2)cs1. The van der Waals surface area contributed by atoms with Gasteiger partial charge < -0.3 is 15.0 Å². The zero-order valence-corrected chi connectivity index (χ0v) is 14.9. The van der Waals surface area contributed by atoms with Crippen LogP contribution in [0.4, 0.5) is 5.69 Å². The number of carbonyl (C=O) groups excluding carboxylic acids is 2. The summed E-state index contributed by atoms with van der Waals surface area (Å²) in [6, 6.07) is 9.26. The van der Waals surface area contributed by atoms with Gasteiger partial charge in [-0.15, -0.1) is 11.3 Å². The molecule has 0 bridgehead atoms. The van der Waals surface area contributed by atoms with Crippen molar-refractivity contribution in [2.75, 3.05) is 18.4 Å². The highest BCUT2D eigenvalue weighted by Crippen LogP contribution is 2.31. The Labute approximate surface area is 155 Å². The quantitative estimate of drug-likeness (QED) is 0.842. The van der Waals surface area contributed by atoms with Crippen molar-refractivity contribution in [2.24, 2.45) is 0 Å². The first kappa shape index (κ1) is 16.6. The molecular formula is C20H18N2O3S. The van der Waals surface area contributed by atoms with Gasteiger partial charge in [0.1, 0.15) is 0 Å². The molecule has 1 saturated heterocycles. The van der Waals surface area contributed by atoms with Crippen LogP contribution in [0.25, 0.3) is 12.2 Å². The molecule has 1 N–H and O–H groups in total. The third-order valence-electron chi connectivity index (χ3n) is 4.33. The van der Waals surface area contributed by atoms with Crippen LogP contribution in [0.1, 0.15) is 23.3 Å². The molecular weight excluding hydrogens is 348 g/mol. The molecule has 0 spiro atoms. The van der Waals surface area contributed by atoms with Crippen molar-refractivity contribution in [3.63, 3.8) is 0 Å². The van der Waals surface area contributed by atoms with E-state index in [9.17, 15) is 9.59 Å². The largest absolute Gasteiger partial charge is 0.449 e. The summed E-state index contributed by atoms with van der Waals surface area (Å²) in [5.41, 5.74) is 1.61. The number of benzene rings is 1. The molecule has 0 unspecified atom stereocenters. The number of hydrogen-bond acceptors (Lipinski definition) is 4. The lowest BCUT2D eigenvalue weighted by atomic mass is 10.2. The molecule has 1 aromatic heterocycles. The zero-order valence-electron chi connectivity index (χ0n) is 14.1. The van der Waals surface area contributed by atoms with Crippen LogP contribution in [0.15, 0.2) is 47.5 Å². The van der Waals surface area contributed by atoms with Crippen molar-refractivity contribution >= 4 is 41.0 Å². The minimum absolute atomic E-state index is 0.0557. The lowest BCUT2D eigenvalue weighted by Gasteiger charge is -2.19. The van der Waals surface area contributed by atoms with Crippen molar-refractivity contribution in [3.8, 4) is 5.75 Å². The molecule has 132 valence electrons. The molecule has 6 heteroatoms. The van der Waals surface area contributed by atoms with Gasteiger partial charge in [0.25, 0.3) is 5.91 Å². The number of nitrogens with zero attached hydrogens (tertiary/aromatic N) is 1. The number of ether oxygens (including phenoxy) is 1. The molecule has 2 amide bonds. The first-order valence-electron chi connectivity index (χ1n) is 8.54. The van der Waals surface area contributed by atoms with Crippen LogP contribution in [0.5, 0.6) is 5.75 Å². The normalized spacial score (nSPS) is 18.1. The number of fused-ring (bicyclic) bond motifs is 1. The number of para-hydroxylation sites is 2. The van der Waals surface area contributed by atoms with Crippen LogP contribution in [0.2, 0.25) is 0 Å². The average Bonchev–Trinajstić information content (AvgIpc) is 3.32. The summed E-state index contributed by atoms with van der Waals surface area (Å²) in [7, 11) is 0. The number of nitrogens with one attached hydrogen (secondary N) is 1. The van der Waals surface area contributed by atoms with Gasteiger partial charge in [-0.1, -0.05) is 12.1 Å². The second-order valence-electron chi connectivity index (χ2n) is 6.21. The van der Waals surface area contributed by atoms with Crippen molar-refractivity contribution in [3.05, 3.63) is 58.0 Å². The number of thiophene rings is 1. The van der Waals surface area contributed by atoms with E-state index >= 15 is 0 Å². The van der Waals surface area contributed by atoms with Crippen LogP contribution in [-0.4, -0.2) is 29.8 Å². The van der Waals surface area contributed by atoms with Crippen molar-refractivity contribution in [1.82, 2.24) is 4.90 Å². The highest BCUT2D eigenvalue weighted by molar-refractivity contribution is 7.11. The third-order valence-corrected chi connectivity index (χ3v) is 5.23. The van der Waals surface area contributed by atoms with Crippen LogP contribution in [0, 0.1) is 0 Å². The Morgan fingerprint density at radius 3 is 2.88 bits per heavy atom. The molecule has 2 aliphatic rings. The molecule has 5 nitrogen and oxygen atoms in total. The van der Waals surface area contributed by atoms with E-state index in [0.29, 0.717) is 11.4 Å². The smallest absolute Gasteiger partial charge is 0.291 e. The van der Waals surface area contributed by atoms with Gasteiger partial charge in [0.15, 0.2) is 11.5 Å². The van der Waals surface area contributed by atoms with E-state index in [2.05, 4.69) is 5.32 Å². The predicted octanol–water partition coefficient (Wildman–Crippen LogP) is 3.76. The highest BCUT2D eigenvalue weighted by atomic mass is 32.1. The summed E-state index contributed by atoms with van der Waals surface area (Å²) in [4.78, 5) is 27.0. The maximum absolute atomic E-state index is 12.2. The minimum Gasteiger partial charge on any atom is -0.449 e. The molecule has 4 rings (SSSR count). The molecule has 0 aliphatic carbocycles. The number of likely N-dealkylation sites (tertiary alicyclic amines) is 1. The Morgan fingerprint density at radius 1 is 1.23 bits per heavy atom. The van der Waals surface area contributed by atoms with E-state index in [1.807, 2.05) is 40.6 Å². The van der Waals surface area contributed by atoms with Gasteiger partial charge in [-0.25, -0.2) is 0 Å². The molecule has 2 aromatic rings. The molecule has 2 aliphatic heterocycles. The summed E-state index contributed by atoms with van der Waals surface area (Å²) in [6.45, 7) is 1.69. The Kier molecular flexibility index (Phi) is 4.58. The van der Waals surface area contributed by atoms with Gasteiger partial charge >= 0.3 is 0 Å². The number of amides is 2. The first-order chi connectivity index (χ1) is 12.7. The van der Waals surface area contributed by atoms with E-state index in [4.69, 9.17) is 4.74 Å². The first-order valence-corrected chi connectivity index (χ1v) is 9.42. The van der Waals surface area contributed by atoms with Gasteiger partial charge in [0, 0.05) is 30.1 Å². The van der Waals surface area contributed by atoms with Gasteiger partial charge in [-0.05, 0) is 48.1 Å². The minimum atomic E-state index is -0.265. The monoisotopic (exact) mass is 366 g/mol. The van der Waals surface area contributed by atoms with E-state index in [1.165, 1.54) is 11.3 Å². The molecule has 1 aromatic carbocycles. The lowest BCUT2D eigenvalue weighted by Crippen LogP contribution is -2.25. The van der Waals surface area contributed by atoms with Gasteiger partial charge in [-0.2, -0.15) is 0 Å². The Hall–Kier alpha value is -2.86. The lowest BCUT2D eigenvalue weighted by molar-refractivity contribution is -0.124. The van der Waals surface area contributed by atoms with E-state index in [1.54, 1.807) is 18.2 Å². The number of rotatable bonds is 3. The number of hydrogen-bond donors (Lipinski definition) is 1. The van der Waals surface area contributed by atoms with Gasteiger partial charge in [-0.3, -0.25) is 9.59 Å². The summed E-state index contributed by atoms with van der Waals surface area (Å²) in [5.74, 6) is 0.680. The van der Waals surface area contributed by atoms with Crippen LogP contribution >= 0.6 is 11.3 Å². The second-order valence-corrected chi connectivity index (χ2v) is 7.15. The Balaban J connectivity index is 1.47. The standard InChI is InChI=1S/C20H18N2O3S/c23-19(22-9-3-4-10-22)8-7-14-11-15(26-13-14)12-18-20(24)21-16-5-1-2-6-17(16)25-18/h1-2,5-8,11-13H,3-4,9-10H2,(H,21,24)/b8-7+,18-12-. The van der Waals surface area contributed by atoms with E-state index < -0.39 is 0 Å². The Morgan fingerprint density at radius 2 is 2.04 bits per heavy atom. The Bertz CT molecular complexity index is 907.